The van der Waals surface area contributed by atoms with Gasteiger partial charge in [0.25, 0.3) is 0 Å². The van der Waals surface area contributed by atoms with Gasteiger partial charge in [0, 0.05) is 24.0 Å². The van der Waals surface area contributed by atoms with Gasteiger partial charge in [-0.05, 0) is 5.53 Å². The molecule has 1 aliphatic heterocycles. The summed E-state index contributed by atoms with van der Waals surface area (Å²) in [6.45, 7) is 0.526. The Kier molecular flexibility index (Phi) is 2.30. The molecule has 0 aliphatic carbocycles. The van der Waals surface area contributed by atoms with E-state index in [-0.39, 0.29) is 0 Å². The van der Waals surface area contributed by atoms with Crippen molar-refractivity contribution in [3.05, 3.63) is 47.4 Å². The zero-order valence-electron chi connectivity index (χ0n) is 8.80. The largest absolute Gasteiger partial charge is 0.587 e. The standard InChI is InChI=1S/C10H10ClN5O/c11-16(17)9-4-2-1-3-8(9)7-15(14-16)10-12-5-6-13-10/h1-6,14H,7H2,(H,12,13). The number of aromatic amines is 1. The lowest BCUT2D eigenvalue weighted by molar-refractivity contribution is 0.372. The number of aromatic nitrogens is 2. The molecule has 2 N–H and O–H groups in total. The second-order valence-electron chi connectivity index (χ2n) is 3.76. The highest BCUT2D eigenvalue weighted by Gasteiger charge is 2.32. The first-order valence-corrected chi connectivity index (χ1v) is 5.44. The summed E-state index contributed by atoms with van der Waals surface area (Å²) in [5.74, 6) is 0.554. The van der Waals surface area contributed by atoms with E-state index in [4.69, 9.17) is 11.8 Å². The first-order chi connectivity index (χ1) is 8.17. The molecule has 1 unspecified atom stereocenters. The van der Waals surface area contributed by atoms with Gasteiger partial charge in [0.15, 0.2) is 17.5 Å². The van der Waals surface area contributed by atoms with Gasteiger partial charge in [0.05, 0.1) is 6.54 Å². The van der Waals surface area contributed by atoms with E-state index in [1.165, 1.54) is 0 Å². The maximum Gasteiger partial charge on any atom is 0.221 e. The number of fused-ring (bicyclic) bond motifs is 1. The lowest BCUT2D eigenvalue weighted by atomic mass is 10.1. The molecule has 0 radical (unpaired) electrons. The minimum Gasteiger partial charge on any atom is -0.587 e. The van der Waals surface area contributed by atoms with Gasteiger partial charge in [-0.1, -0.05) is 18.2 Å². The molecule has 17 heavy (non-hydrogen) atoms. The average molecular weight is 252 g/mol. The number of anilines is 1. The van der Waals surface area contributed by atoms with Crippen molar-refractivity contribution in [2.45, 2.75) is 6.54 Å². The third-order valence-corrected chi connectivity index (χ3v) is 2.88. The third-order valence-electron chi connectivity index (χ3n) is 2.62. The highest BCUT2D eigenvalue weighted by molar-refractivity contribution is 6.21. The Morgan fingerprint density at radius 3 is 3.00 bits per heavy atom. The highest BCUT2D eigenvalue weighted by Crippen LogP contribution is 2.32. The molecule has 2 aromatic rings. The molecular formula is C10H10ClN5O. The van der Waals surface area contributed by atoms with Gasteiger partial charge in [0.2, 0.25) is 5.95 Å². The minimum absolute atomic E-state index is 0.497. The zero-order valence-corrected chi connectivity index (χ0v) is 9.55. The van der Waals surface area contributed by atoms with Gasteiger partial charge in [-0.2, -0.15) is 0 Å². The number of hydrazine groups is 1. The topological polar surface area (TPSA) is 67.0 Å². The first-order valence-electron chi connectivity index (χ1n) is 5.10. The van der Waals surface area contributed by atoms with Crippen LogP contribution in [0.1, 0.15) is 5.56 Å². The van der Waals surface area contributed by atoms with Crippen LogP contribution in [0.2, 0.25) is 0 Å². The summed E-state index contributed by atoms with van der Waals surface area (Å²) < 4.78 is -1.17. The van der Waals surface area contributed by atoms with Gasteiger partial charge in [-0.3, -0.25) is 0 Å². The smallest absolute Gasteiger partial charge is 0.221 e. The summed E-state index contributed by atoms with van der Waals surface area (Å²) >= 11 is 5.90. The average Bonchev–Trinajstić information content (AvgIpc) is 2.81. The van der Waals surface area contributed by atoms with Gasteiger partial charge >= 0.3 is 0 Å². The highest BCUT2D eigenvalue weighted by atomic mass is 35.5. The van der Waals surface area contributed by atoms with Crippen LogP contribution < -0.4 is 14.8 Å². The van der Waals surface area contributed by atoms with Crippen molar-refractivity contribution in [1.82, 2.24) is 19.8 Å². The second kappa shape index (κ2) is 3.71. The molecule has 1 aromatic carbocycles. The molecule has 0 spiro atoms. The molecule has 0 saturated heterocycles. The molecule has 6 nitrogen and oxygen atoms in total. The van der Waals surface area contributed by atoms with E-state index in [9.17, 15) is 5.21 Å². The molecule has 1 aliphatic rings. The van der Waals surface area contributed by atoms with E-state index < -0.39 is 4.27 Å². The number of hydrogen-bond acceptors (Lipinski definition) is 4. The number of hydrogen-bond donors (Lipinski definition) is 2. The Morgan fingerprint density at radius 2 is 2.24 bits per heavy atom. The van der Waals surface area contributed by atoms with Gasteiger partial charge in [0.1, 0.15) is 0 Å². The normalized spacial score (nSPS) is 23.5. The van der Waals surface area contributed by atoms with Gasteiger partial charge < -0.3 is 10.2 Å². The number of nitrogens with zero attached hydrogens (tertiary/aromatic N) is 3. The maximum absolute atomic E-state index is 12.2. The first kappa shape index (κ1) is 10.5. The minimum atomic E-state index is -1.17. The van der Waals surface area contributed by atoms with Crippen molar-refractivity contribution in [2.75, 3.05) is 5.01 Å². The van der Waals surface area contributed by atoms with E-state index in [2.05, 4.69) is 15.5 Å². The van der Waals surface area contributed by atoms with Crippen LogP contribution in [0.4, 0.5) is 11.6 Å². The van der Waals surface area contributed by atoms with Crippen LogP contribution in [0, 0.1) is 5.21 Å². The Hall–Kier alpha value is -1.60. The summed E-state index contributed by atoms with van der Waals surface area (Å²) in [6, 6.07) is 7.25. The number of para-hydroxylation sites is 1. The van der Waals surface area contributed by atoms with Crippen molar-refractivity contribution in [3.63, 3.8) is 0 Å². The quantitative estimate of drug-likeness (QED) is 0.599. The molecule has 2 heterocycles. The fraction of sp³-hybridized carbons (Fsp3) is 0.100. The van der Waals surface area contributed by atoms with Crippen LogP contribution in [-0.2, 0) is 6.54 Å². The third kappa shape index (κ3) is 1.77. The molecule has 1 aromatic heterocycles. The number of quaternary nitrogens is 1. The number of H-pyrrole nitrogens is 1. The Labute approximate surface area is 103 Å². The Morgan fingerprint density at radius 1 is 1.41 bits per heavy atom. The van der Waals surface area contributed by atoms with Crippen molar-refractivity contribution in [2.24, 2.45) is 0 Å². The van der Waals surface area contributed by atoms with Crippen LogP contribution in [0.25, 0.3) is 0 Å². The summed E-state index contributed by atoms with van der Waals surface area (Å²) in [5, 5.41) is 13.7. The van der Waals surface area contributed by atoms with Crippen LogP contribution in [0.5, 0.6) is 0 Å². The van der Waals surface area contributed by atoms with Crippen molar-refractivity contribution < 1.29 is 0 Å². The molecule has 7 heteroatoms. The molecule has 3 rings (SSSR count). The predicted molar refractivity (Wildman–Crippen MR) is 65.4 cm³/mol. The number of halogens is 1. The van der Waals surface area contributed by atoms with Crippen LogP contribution in [0.3, 0.4) is 0 Å². The molecule has 1 atom stereocenters. The summed E-state index contributed by atoms with van der Waals surface area (Å²) in [6.07, 6.45) is 3.30. The monoisotopic (exact) mass is 251 g/mol. The lowest BCUT2D eigenvalue weighted by Gasteiger charge is -2.41. The number of benzene rings is 1. The number of imidazole rings is 1. The molecule has 0 bridgehead atoms. The van der Waals surface area contributed by atoms with Crippen molar-refractivity contribution in [3.8, 4) is 0 Å². The summed E-state index contributed by atoms with van der Waals surface area (Å²) in [4.78, 5) is 7.00. The number of rotatable bonds is 1. The second-order valence-corrected chi connectivity index (χ2v) is 4.24. The van der Waals surface area contributed by atoms with E-state index in [1.807, 2.05) is 12.1 Å². The van der Waals surface area contributed by atoms with E-state index >= 15 is 0 Å². The van der Waals surface area contributed by atoms with Crippen LogP contribution in [-0.4, -0.2) is 9.97 Å². The molecule has 0 fully saturated rings. The Balaban J connectivity index is 2.02. The lowest BCUT2D eigenvalue weighted by Crippen LogP contribution is -2.59. The summed E-state index contributed by atoms with van der Waals surface area (Å²) in [7, 11) is 0. The predicted octanol–water partition coefficient (Wildman–Crippen LogP) is 1.81. The van der Waals surface area contributed by atoms with Gasteiger partial charge in [-0.15, -0.1) is 4.27 Å². The number of nitrogens with one attached hydrogen (secondary N) is 2. The molecule has 0 amide bonds. The van der Waals surface area contributed by atoms with Crippen molar-refractivity contribution in [1.29, 1.82) is 0 Å². The SMILES string of the molecule is [O-][N+]1(Cl)NN(c2ncc[nH]2)Cc2ccccc21. The van der Waals surface area contributed by atoms with E-state index in [1.54, 1.807) is 29.5 Å². The summed E-state index contributed by atoms with van der Waals surface area (Å²) in [5.41, 5.74) is 4.00. The maximum atomic E-state index is 12.2. The van der Waals surface area contributed by atoms with E-state index in [0.717, 1.165) is 5.56 Å². The fourth-order valence-electron chi connectivity index (χ4n) is 1.87. The Bertz CT molecular complexity index is 527. The van der Waals surface area contributed by atoms with Gasteiger partial charge in [-0.25, -0.2) is 9.99 Å². The van der Waals surface area contributed by atoms with Crippen LogP contribution in [0.15, 0.2) is 36.7 Å². The molecule has 88 valence electrons. The van der Waals surface area contributed by atoms with Crippen molar-refractivity contribution >= 4 is 23.4 Å². The van der Waals surface area contributed by atoms with Crippen LogP contribution >= 0.6 is 11.8 Å². The zero-order chi connectivity index (χ0) is 11.9. The fourth-order valence-corrected chi connectivity index (χ4v) is 2.12. The van der Waals surface area contributed by atoms with E-state index in [0.29, 0.717) is 18.2 Å². The molecule has 0 saturated carbocycles. The molecular weight excluding hydrogens is 242 g/mol.